The Bertz CT molecular complexity index is 759. The van der Waals surface area contributed by atoms with E-state index in [1.807, 2.05) is 18.2 Å². The lowest BCUT2D eigenvalue weighted by Gasteiger charge is -2.29. The van der Waals surface area contributed by atoms with Crippen LogP contribution in [0.25, 0.3) is 10.4 Å². The van der Waals surface area contributed by atoms with E-state index in [0.717, 1.165) is 10.4 Å². The van der Waals surface area contributed by atoms with Gasteiger partial charge >= 0.3 is 6.03 Å². The van der Waals surface area contributed by atoms with Crippen LogP contribution >= 0.6 is 11.3 Å². The number of benzene rings is 1. The van der Waals surface area contributed by atoms with Gasteiger partial charge in [-0.15, -0.1) is 0 Å². The summed E-state index contributed by atoms with van der Waals surface area (Å²) in [7, 11) is 1.75. The molecular weight excluding hydrogens is 324 g/mol. The number of hydrogen-bond acceptors (Lipinski definition) is 4. The van der Waals surface area contributed by atoms with E-state index in [2.05, 4.69) is 28.6 Å². The van der Waals surface area contributed by atoms with Gasteiger partial charge in [0.2, 0.25) is 5.91 Å². The molecule has 24 heavy (non-hydrogen) atoms. The van der Waals surface area contributed by atoms with Gasteiger partial charge in [0.05, 0.1) is 4.88 Å². The Morgan fingerprint density at radius 2 is 2.17 bits per heavy atom. The number of thiazole rings is 1. The van der Waals surface area contributed by atoms with Crippen LogP contribution in [0.3, 0.4) is 0 Å². The first kappa shape index (κ1) is 16.4. The van der Waals surface area contributed by atoms with E-state index in [0.29, 0.717) is 24.5 Å². The van der Waals surface area contributed by atoms with E-state index in [4.69, 9.17) is 0 Å². The summed E-state index contributed by atoms with van der Waals surface area (Å²) in [5, 5.41) is 6.24. The zero-order valence-corrected chi connectivity index (χ0v) is 14.5. The van der Waals surface area contributed by atoms with Crippen molar-refractivity contribution in [2.45, 2.75) is 25.8 Å². The minimum Gasteiger partial charge on any atom is -0.344 e. The van der Waals surface area contributed by atoms with Crippen molar-refractivity contribution in [3.05, 3.63) is 36.0 Å². The van der Waals surface area contributed by atoms with Gasteiger partial charge in [-0.05, 0) is 24.5 Å². The molecule has 0 spiro atoms. The smallest absolute Gasteiger partial charge is 0.321 e. The number of aryl methyl sites for hydroxylation is 1. The van der Waals surface area contributed by atoms with Gasteiger partial charge in [-0.1, -0.05) is 35.6 Å². The number of amides is 3. The Morgan fingerprint density at radius 3 is 2.92 bits per heavy atom. The Balaban J connectivity index is 1.60. The monoisotopic (exact) mass is 344 g/mol. The molecule has 3 rings (SSSR count). The third kappa shape index (κ3) is 3.73. The second-order valence-corrected chi connectivity index (χ2v) is 6.98. The zero-order chi connectivity index (χ0) is 17.1. The van der Waals surface area contributed by atoms with Crippen molar-refractivity contribution in [2.75, 3.05) is 18.9 Å². The standard InChI is InChI=1S/C17H20N4O2S/c1-11-5-3-4-6-13(11)14-9-18-17(24-14)20-16(23)19-12-7-8-15(22)21(2)10-12/h3-6,9,12H,7-8,10H2,1-2H3,(H2,18,19,20,23). The normalized spacial score (nSPS) is 17.7. The lowest BCUT2D eigenvalue weighted by atomic mass is 10.1. The number of anilines is 1. The molecule has 6 nitrogen and oxygen atoms in total. The molecule has 1 aliphatic heterocycles. The first-order chi connectivity index (χ1) is 11.5. The number of nitrogens with zero attached hydrogens (tertiary/aromatic N) is 2. The maximum absolute atomic E-state index is 12.1. The van der Waals surface area contributed by atoms with Crippen LogP contribution in [-0.2, 0) is 4.79 Å². The van der Waals surface area contributed by atoms with Gasteiger partial charge < -0.3 is 10.2 Å². The highest BCUT2D eigenvalue weighted by Gasteiger charge is 2.24. The van der Waals surface area contributed by atoms with E-state index in [-0.39, 0.29) is 18.0 Å². The summed E-state index contributed by atoms with van der Waals surface area (Å²) in [6.45, 7) is 2.59. The average molecular weight is 344 g/mol. The molecule has 0 radical (unpaired) electrons. The second-order valence-electron chi connectivity index (χ2n) is 5.95. The molecule has 0 bridgehead atoms. The molecule has 126 valence electrons. The molecule has 1 aliphatic rings. The summed E-state index contributed by atoms with van der Waals surface area (Å²) in [6, 6.07) is 7.77. The Labute approximate surface area is 144 Å². The third-order valence-electron chi connectivity index (χ3n) is 4.10. The maximum Gasteiger partial charge on any atom is 0.321 e. The molecule has 0 saturated carbocycles. The molecule has 1 fully saturated rings. The number of likely N-dealkylation sites (tertiary alicyclic amines) is 1. The minimum atomic E-state index is -0.284. The molecule has 1 atom stereocenters. The summed E-state index contributed by atoms with van der Waals surface area (Å²) < 4.78 is 0. The third-order valence-corrected chi connectivity index (χ3v) is 5.04. The lowest BCUT2D eigenvalue weighted by Crippen LogP contribution is -2.49. The number of likely N-dealkylation sites (N-methyl/N-ethyl adjacent to an activating group) is 1. The predicted molar refractivity (Wildman–Crippen MR) is 95.1 cm³/mol. The number of urea groups is 1. The molecule has 1 aromatic carbocycles. The fourth-order valence-electron chi connectivity index (χ4n) is 2.75. The summed E-state index contributed by atoms with van der Waals surface area (Å²) in [5.41, 5.74) is 2.29. The van der Waals surface area contributed by atoms with Gasteiger partial charge in [-0.3, -0.25) is 10.1 Å². The number of aromatic nitrogens is 1. The van der Waals surface area contributed by atoms with Crippen LogP contribution in [0.5, 0.6) is 0 Å². The molecular formula is C17H20N4O2S. The van der Waals surface area contributed by atoms with Crippen molar-refractivity contribution >= 4 is 28.4 Å². The highest BCUT2D eigenvalue weighted by Crippen LogP contribution is 2.30. The fourth-order valence-corrected chi connectivity index (χ4v) is 3.66. The molecule has 7 heteroatoms. The van der Waals surface area contributed by atoms with Crippen molar-refractivity contribution in [1.82, 2.24) is 15.2 Å². The Morgan fingerprint density at radius 1 is 1.38 bits per heavy atom. The number of rotatable bonds is 3. The molecule has 0 aliphatic carbocycles. The Hall–Kier alpha value is -2.41. The van der Waals surface area contributed by atoms with E-state index in [9.17, 15) is 9.59 Å². The Kier molecular flexibility index (Phi) is 4.80. The van der Waals surface area contributed by atoms with Gasteiger partial charge in [-0.2, -0.15) is 0 Å². The van der Waals surface area contributed by atoms with Crippen LogP contribution in [-0.4, -0.2) is 41.5 Å². The first-order valence-corrected chi connectivity index (χ1v) is 8.68. The summed E-state index contributed by atoms with van der Waals surface area (Å²) in [5.74, 6) is 0.122. The van der Waals surface area contributed by atoms with Crippen LogP contribution in [0.4, 0.5) is 9.93 Å². The summed E-state index contributed by atoms with van der Waals surface area (Å²) >= 11 is 1.44. The van der Waals surface area contributed by atoms with Crippen molar-refractivity contribution in [3.63, 3.8) is 0 Å². The van der Waals surface area contributed by atoms with Crippen LogP contribution in [0, 0.1) is 6.92 Å². The molecule has 3 amide bonds. The molecule has 2 N–H and O–H groups in total. The highest BCUT2D eigenvalue weighted by atomic mass is 32.1. The highest BCUT2D eigenvalue weighted by molar-refractivity contribution is 7.19. The van der Waals surface area contributed by atoms with Crippen LogP contribution in [0.1, 0.15) is 18.4 Å². The molecule has 2 heterocycles. The molecule has 1 saturated heterocycles. The topological polar surface area (TPSA) is 74.3 Å². The van der Waals surface area contributed by atoms with E-state index in [1.165, 1.54) is 16.9 Å². The van der Waals surface area contributed by atoms with Crippen molar-refractivity contribution < 1.29 is 9.59 Å². The second kappa shape index (κ2) is 7.00. The van der Waals surface area contributed by atoms with Gasteiger partial charge in [-0.25, -0.2) is 9.78 Å². The van der Waals surface area contributed by atoms with Crippen LogP contribution < -0.4 is 10.6 Å². The van der Waals surface area contributed by atoms with Crippen molar-refractivity contribution in [2.24, 2.45) is 0 Å². The van der Waals surface area contributed by atoms with Gasteiger partial charge in [0.15, 0.2) is 5.13 Å². The van der Waals surface area contributed by atoms with Gasteiger partial charge in [0.25, 0.3) is 0 Å². The predicted octanol–water partition coefficient (Wildman–Crippen LogP) is 2.86. The number of nitrogens with one attached hydrogen (secondary N) is 2. The average Bonchev–Trinajstić information content (AvgIpc) is 2.99. The van der Waals surface area contributed by atoms with Crippen molar-refractivity contribution in [1.29, 1.82) is 0 Å². The molecule has 1 unspecified atom stereocenters. The number of hydrogen-bond donors (Lipinski definition) is 2. The first-order valence-electron chi connectivity index (χ1n) is 7.86. The molecule has 1 aromatic heterocycles. The SMILES string of the molecule is Cc1ccccc1-c1cnc(NC(=O)NC2CCC(=O)N(C)C2)s1. The lowest BCUT2D eigenvalue weighted by molar-refractivity contribution is -0.132. The maximum atomic E-state index is 12.1. The molecule has 2 aromatic rings. The number of carbonyl (C=O) groups excluding carboxylic acids is 2. The van der Waals surface area contributed by atoms with E-state index in [1.54, 1.807) is 18.1 Å². The minimum absolute atomic E-state index is 0.0245. The van der Waals surface area contributed by atoms with E-state index >= 15 is 0 Å². The number of piperidine rings is 1. The summed E-state index contributed by atoms with van der Waals surface area (Å²) in [4.78, 5) is 30.5. The van der Waals surface area contributed by atoms with Gasteiger partial charge in [0.1, 0.15) is 0 Å². The quantitative estimate of drug-likeness (QED) is 0.899. The van der Waals surface area contributed by atoms with E-state index < -0.39 is 0 Å². The number of carbonyl (C=O) groups is 2. The fraction of sp³-hybridized carbons (Fsp3) is 0.353. The zero-order valence-electron chi connectivity index (χ0n) is 13.7. The van der Waals surface area contributed by atoms with Crippen LogP contribution in [0.15, 0.2) is 30.5 Å². The van der Waals surface area contributed by atoms with Gasteiger partial charge in [0, 0.05) is 32.3 Å². The summed E-state index contributed by atoms with van der Waals surface area (Å²) in [6.07, 6.45) is 2.91. The largest absolute Gasteiger partial charge is 0.344 e. The van der Waals surface area contributed by atoms with Crippen LogP contribution in [0.2, 0.25) is 0 Å². The van der Waals surface area contributed by atoms with Crippen molar-refractivity contribution in [3.8, 4) is 10.4 Å².